The zero-order valence-electron chi connectivity index (χ0n) is 18.7. The topological polar surface area (TPSA) is 37.3 Å². The molecule has 0 bridgehead atoms. The van der Waals surface area contributed by atoms with Crippen molar-refractivity contribution in [2.24, 2.45) is 46.3 Å². The third-order valence-electron chi connectivity index (χ3n) is 10.6. The Balaban J connectivity index is 1.37. The molecule has 0 aromatic carbocycles. The second-order valence-electron chi connectivity index (χ2n) is 11.7. The highest BCUT2D eigenvalue weighted by molar-refractivity contribution is 5.69. The summed E-state index contributed by atoms with van der Waals surface area (Å²) in [6.07, 6.45) is 19.4. The van der Waals surface area contributed by atoms with Crippen LogP contribution in [0, 0.1) is 46.3 Å². The lowest BCUT2D eigenvalue weighted by Gasteiger charge is -2.60. The molecule has 0 heterocycles. The summed E-state index contributed by atoms with van der Waals surface area (Å²) >= 11 is 0. The van der Waals surface area contributed by atoms with E-state index in [9.17, 15) is 4.79 Å². The maximum atomic E-state index is 11.0. The second kappa shape index (κ2) is 7.95. The Bertz CT molecular complexity index is 571. The Kier molecular flexibility index (Phi) is 5.89. The molecular weight excluding hydrogens is 344 g/mol. The molecule has 0 aromatic heterocycles. The fourth-order valence-corrected chi connectivity index (χ4v) is 8.84. The molecule has 0 aliphatic heterocycles. The number of rotatable bonds is 6. The summed E-state index contributed by atoms with van der Waals surface area (Å²) in [6, 6.07) is 0. The molecule has 4 saturated carbocycles. The molecule has 8 atom stereocenters. The number of carboxylic acid groups (broad SMARTS) is 1. The molecule has 4 fully saturated rings. The first-order chi connectivity index (χ1) is 13.4. The number of carbonyl (C=O) groups is 1. The maximum absolute atomic E-state index is 11.0. The lowest BCUT2D eigenvalue weighted by atomic mass is 9.45. The van der Waals surface area contributed by atoms with Crippen LogP contribution in [0.2, 0.25) is 0 Å². The average Bonchev–Trinajstić information content (AvgIpc) is 3.01. The Labute approximate surface area is 173 Å². The summed E-state index contributed by atoms with van der Waals surface area (Å²) in [4.78, 5) is 11.0. The van der Waals surface area contributed by atoms with Gasteiger partial charge >= 0.3 is 5.97 Å². The zero-order valence-corrected chi connectivity index (χ0v) is 18.7. The molecule has 160 valence electrons. The first-order valence-electron chi connectivity index (χ1n) is 12.6. The average molecular weight is 389 g/mol. The van der Waals surface area contributed by atoms with Crippen LogP contribution in [0.5, 0.6) is 0 Å². The normalized spacial score (nSPS) is 46.3. The van der Waals surface area contributed by atoms with Crippen LogP contribution in [0.1, 0.15) is 111 Å². The summed E-state index contributed by atoms with van der Waals surface area (Å²) in [5, 5.41) is 9.10. The Morgan fingerprint density at radius 1 is 0.929 bits per heavy atom. The van der Waals surface area contributed by atoms with Crippen molar-refractivity contribution in [2.45, 2.75) is 111 Å². The minimum absolute atomic E-state index is 0.172. The minimum atomic E-state index is -0.627. The van der Waals surface area contributed by atoms with E-state index in [-0.39, 0.29) is 5.92 Å². The lowest BCUT2D eigenvalue weighted by Crippen LogP contribution is -2.52. The van der Waals surface area contributed by atoms with E-state index in [4.69, 9.17) is 5.11 Å². The van der Waals surface area contributed by atoms with E-state index in [2.05, 4.69) is 13.8 Å². The largest absolute Gasteiger partial charge is 0.481 e. The molecule has 0 aromatic rings. The van der Waals surface area contributed by atoms with Gasteiger partial charge in [0.2, 0.25) is 0 Å². The highest BCUT2D eigenvalue weighted by Crippen LogP contribution is 2.67. The van der Waals surface area contributed by atoms with E-state index in [1.807, 2.05) is 6.92 Å². The fourth-order valence-electron chi connectivity index (χ4n) is 8.84. The number of fused-ring (bicyclic) bond motifs is 5. The van der Waals surface area contributed by atoms with Gasteiger partial charge in [0.15, 0.2) is 0 Å². The number of aliphatic carboxylic acids is 1. The van der Waals surface area contributed by atoms with Crippen molar-refractivity contribution in [3.8, 4) is 0 Å². The van der Waals surface area contributed by atoms with Crippen LogP contribution in [0.4, 0.5) is 0 Å². The van der Waals surface area contributed by atoms with Gasteiger partial charge in [-0.05, 0) is 105 Å². The van der Waals surface area contributed by atoms with Crippen LogP contribution in [0.3, 0.4) is 0 Å². The molecular formula is C26H44O2. The van der Waals surface area contributed by atoms with Crippen LogP contribution < -0.4 is 0 Å². The molecule has 4 aliphatic carbocycles. The van der Waals surface area contributed by atoms with Gasteiger partial charge in [0.1, 0.15) is 0 Å². The van der Waals surface area contributed by atoms with Gasteiger partial charge in [-0.1, -0.05) is 46.5 Å². The van der Waals surface area contributed by atoms with Gasteiger partial charge in [-0.25, -0.2) is 0 Å². The van der Waals surface area contributed by atoms with E-state index in [1.54, 1.807) is 0 Å². The summed E-state index contributed by atoms with van der Waals surface area (Å²) in [6.45, 7) is 7.20. The predicted molar refractivity (Wildman–Crippen MR) is 115 cm³/mol. The van der Waals surface area contributed by atoms with Crippen molar-refractivity contribution in [1.29, 1.82) is 0 Å². The smallest absolute Gasteiger partial charge is 0.306 e. The van der Waals surface area contributed by atoms with Gasteiger partial charge in [-0.3, -0.25) is 4.79 Å². The molecule has 0 radical (unpaired) electrons. The summed E-state index contributed by atoms with van der Waals surface area (Å²) in [5.41, 5.74) is 1.24. The zero-order chi connectivity index (χ0) is 19.9. The molecule has 4 rings (SSSR count). The number of carboxylic acids is 1. The molecule has 2 nitrogen and oxygen atoms in total. The monoisotopic (exact) mass is 388 g/mol. The van der Waals surface area contributed by atoms with Crippen LogP contribution in [-0.2, 0) is 4.79 Å². The van der Waals surface area contributed by atoms with E-state index >= 15 is 0 Å². The highest BCUT2D eigenvalue weighted by Gasteiger charge is 2.59. The van der Waals surface area contributed by atoms with E-state index in [1.165, 1.54) is 77.0 Å². The summed E-state index contributed by atoms with van der Waals surface area (Å²) in [7, 11) is 0. The molecule has 8 unspecified atom stereocenters. The van der Waals surface area contributed by atoms with Crippen molar-refractivity contribution < 1.29 is 9.90 Å². The maximum Gasteiger partial charge on any atom is 0.306 e. The summed E-state index contributed by atoms with van der Waals surface area (Å²) < 4.78 is 0. The van der Waals surface area contributed by atoms with Crippen molar-refractivity contribution in [3.05, 3.63) is 0 Å². The Morgan fingerprint density at radius 2 is 1.71 bits per heavy atom. The van der Waals surface area contributed by atoms with E-state index < -0.39 is 5.97 Å². The van der Waals surface area contributed by atoms with Gasteiger partial charge in [-0.2, -0.15) is 0 Å². The molecule has 28 heavy (non-hydrogen) atoms. The summed E-state index contributed by atoms with van der Waals surface area (Å²) in [5.74, 6) is 4.13. The van der Waals surface area contributed by atoms with Crippen LogP contribution in [0.15, 0.2) is 0 Å². The standard InChI is InChI=1S/C26H44O2/c1-18(24(27)28)8-4-5-9-20-12-14-22-21-13-11-19-10-6-7-16-25(19,2)23(21)15-17-26(20,22)3/h18-23H,4-17H2,1-3H3,(H,27,28). The van der Waals surface area contributed by atoms with Crippen LogP contribution >= 0.6 is 0 Å². The van der Waals surface area contributed by atoms with Gasteiger partial charge in [0.25, 0.3) is 0 Å². The minimum Gasteiger partial charge on any atom is -0.481 e. The molecule has 0 amide bonds. The molecule has 1 N–H and O–H groups in total. The first-order valence-corrected chi connectivity index (χ1v) is 12.6. The predicted octanol–water partition coefficient (Wildman–Crippen LogP) is 7.32. The number of hydrogen-bond donors (Lipinski definition) is 1. The molecule has 4 aliphatic rings. The van der Waals surface area contributed by atoms with Gasteiger partial charge < -0.3 is 5.11 Å². The van der Waals surface area contributed by atoms with Gasteiger partial charge in [0.05, 0.1) is 5.92 Å². The Morgan fingerprint density at radius 3 is 2.50 bits per heavy atom. The lowest BCUT2D eigenvalue weighted by molar-refractivity contribution is -0.141. The van der Waals surface area contributed by atoms with E-state index in [0.29, 0.717) is 10.8 Å². The van der Waals surface area contributed by atoms with Crippen LogP contribution in [0.25, 0.3) is 0 Å². The fraction of sp³-hybridized carbons (Fsp3) is 0.962. The van der Waals surface area contributed by atoms with Crippen LogP contribution in [-0.4, -0.2) is 11.1 Å². The quantitative estimate of drug-likeness (QED) is 0.484. The van der Waals surface area contributed by atoms with Crippen molar-refractivity contribution in [3.63, 3.8) is 0 Å². The van der Waals surface area contributed by atoms with E-state index in [0.717, 1.165) is 42.4 Å². The SMILES string of the molecule is CC(CCCCC1CCC2C3CCC4CCCCC4(C)C3CCC12C)C(=O)O. The third-order valence-corrected chi connectivity index (χ3v) is 10.6. The van der Waals surface area contributed by atoms with Gasteiger partial charge in [0, 0.05) is 0 Å². The highest BCUT2D eigenvalue weighted by atomic mass is 16.4. The second-order valence-corrected chi connectivity index (χ2v) is 11.7. The molecule has 0 spiro atoms. The first kappa shape index (κ1) is 20.7. The Hall–Kier alpha value is -0.530. The molecule has 2 heteroatoms. The van der Waals surface area contributed by atoms with Crippen molar-refractivity contribution in [1.82, 2.24) is 0 Å². The molecule has 0 saturated heterocycles. The van der Waals surface area contributed by atoms with Crippen molar-refractivity contribution in [2.75, 3.05) is 0 Å². The number of unbranched alkanes of at least 4 members (excludes halogenated alkanes) is 1. The third kappa shape index (κ3) is 3.45. The van der Waals surface area contributed by atoms with Crippen molar-refractivity contribution >= 4 is 5.97 Å². The number of hydrogen-bond acceptors (Lipinski definition) is 1. The van der Waals surface area contributed by atoms with Gasteiger partial charge in [-0.15, -0.1) is 0 Å².